The number of hydrogen-bond donors (Lipinski definition) is 0. The third-order valence-electron chi connectivity index (χ3n) is 4.19. The maximum Gasteiger partial charge on any atom is 0.339 e. The molecule has 0 aromatic heterocycles. The molecule has 0 fully saturated rings. The van der Waals surface area contributed by atoms with Gasteiger partial charge in [-0.2, -0.15) is 0 Å². The van der Waals surface area contributed by atoms with Crippen LogP contribution in [0.1, 0.15) is 15.9 Å². The lowest BCUT2D eigenvalue weighted by Gasteiger charge is -2.17. The third-order valence-corrected chi connectivity index (χ3v) is 5.85. The molecular weight excluding hydrogens is 516 g/mol. The summed E-state index contributed by atoms with van der Waals surface area (Å²) in [4.78, 5) is 12.7. The van der Waals surface area contributed by atoms with Gasteiger partial charge in [-0.3, -0.25) is 0 Å². The standard InChI is InChI=1S/C19H18Br2O8/c1-23-11-5-9(13(20)17(26-4)15(11)25-3)7-27-19(22)10-6-12(24-2)16-18(14(10)21)29-8-28-16/h5-6H,7-8H2,1-4H3. The maximum absolute atomic E-state index is 12.7. The molecule has 1 heterocycles. The van der Waals surface area contributed by atoms with E-state index in [4.69, 9.17) is 33.2 Å². The highest BCUT2D eigenvalue weighted by molar-refractivity contribution is 9.11. The molecule has 2 aromatic rings. The summed E-state index contributed by atoms with van der Waals surface area (Å²) >= 11 is 6.84. The molecule has 1 aliphatic rings. The van der Waals surface area contributed by atoms with E-state index >= 15 is 0 Å². The van der Waals surface area contributed by atoms with Crippen LogP contribution in [0.15, 0.2) is 21.1 Å². The van der Waals surface area contributed by atoms with Crippen molar-refractivity contribution in [3.8, 4) is 34.5 Å². The number of carbonyl (C=O) groups excluding carboxylic acids is 1. The van der Waals surface area contributed by atoms with E-state index in [9.17, 15) is 4.79 Å². The Kier molecular flexibility index (Phi) is 6.63. The molecular formula is C19H18Br2O8. The van der Waals surface area contributed by atoms with Crippen LogP contribution in [0.4, 0.5) is 0 Å². The topological polar surface area (TPSA) is 81.7 Å². The first-order chi connectivity index (χ1) is 14.0. The predicted molar refractivity (Wildman–Crippen MR) is 110 cm³/mol. The summed E-state index contributed by atoms with van der Waals surface area (Å²) in [6, 6.07) is 3.23. The molecule has 156 valence electrons. The van der Waals surface area contributed by atoms with Gasteiger partial charge in [0, 0.05) is 5.56 Å². The minimum Gasteiger partial charge on any atom is -0.493 e. The molecule has 0 unspecified atom stereocenters. The minimum absolute atomic E-state index is 0.0423. The van der Waals surface area contributed by atoms with E-state index in [0.29, 0.717) is 49.0 Å². The minimum atomic E-state index is -0.575. The number of halogens is 2. The SMILES string of the molecule is COc1cc(COC(=O)c2cc(OC)c3c(c2Br)OCO3)c(Br)c(OC)c1OC. The predicted octanol–water partition coefficient (Wildman–Crippen LogP) is 4.33. The molecule has 10 heteroatoms. The van der Waals surface area contributed by atoms with Crippen molar-refractivity contribution in [2.75, 3.05) is 35.2 Å². The van der Waals surface area contributed by atoms with Crippen molar-refractivity contribution in [3.05, 3.63) is 32.2 Å². The molecule has 1 aliphatic heterocycles. The first-order valence-corrected chi connectivity index (χ1v) is 9.85. The summed E-state index contributed by atoms with van der Waals surface area (Å²) in [5, 5.41) is 0. The Morgan fingerprint density at radius 2 is 1.55 bits per heavy atom. The van der Waals surface area contributed by atoms with E-state index in [1.165, 1.54) is 34.5 Å². The van der Waals surface area contributed by atoms with Gasteiger partial charge in [0.25, 0.3) is 0 Å². The molecule has 0 saturated heterocycles. The van der Waals surface area contributed by atoms with Gasteiger partial charge in [-0.1, -0.05) is 0 Å². The Balaban J connectivity index is 1.89. The molecule has 0 N–H and O–H groups in total. The van der Waals surface area contributed by atoms with Crippen LogP contribution >= 0.6 is 31.9 Å². The summed E-state index contributed by atoms with van der Waals surface area (Å²) in [6.45, 7) is 0.000503. The smallest absolute Gasteiger partial charge is 0.339 e. The van der Waals surface area contributed by atoms with E-state index in [-0.39, 0.29) is 19.0 Å². The van der Waals surface area contributed by atoms with Gasteiger partial charge in [-0.05, 0) is 44.0 Å². The number of fused-ring (bicyclic) bond motifs is 1. The quantitative estimate of drug-likeness (QED) is 0.486. The Labute approximate surface area is 184 Å². The zero-order valence-electron chi connectivity index (χ0n) is 16.1. The fraction of sp³-hybridized carbons (Fsp3) is 0.316. The van der Waals surface area contributed by atoms with Crippen molar-refractivity contribution in [2.24, 2.45) is 0 Å². The van der Waals surface area contributed by atoms with Gasteiger partial charge in [0.2, 0.25) is 18.3 Å². The van der Waals surface area contributed by atoms with Gasteiger partial charge in [-0.15, -0.1) is 0 Å². The molecule has 0 saturated carbocycles. The number of methoxy groups -OCH3 is 4. The Bertz CT molecular complexity index is 945. The van der Waals surface area contributed by atoms with Crippen molar-refractivity contribution >= 4 is 37.8 Å². The second-order valence-electron chi connectivity index (χ2n) is 5.70. The van der Waals surface area contributed by atoms with Gasteiger partial charge in [0.05, 0.1) is 42.9 Å². The zero-order valence-corrected chi connectivity index (χ0v) is 19.3. The molecule has 0 radical (unpaired) electrons. The fourth-order valence-electron chi connectivity index (χ4n) is 2.80. The van der Waals surface area contributed by atoms with Crippen LogP contribution in [0.5, 0.6) is 34.5 Å². The molecule has 0 amide bonds. The molecule has 3 rings (SSSR count). The number of carbonyl (C=O) groups is 1. The van der Waals surface area contributed by atoms with Crippen LogP contribution in [-0.4, -0.2) is 41.2 Å². The van der Waals surface area contributed by atoms with Crippen molar-refractivity contribution < 1.29 is 38.0 Å². The first-order valence-electron chi connectivity index (χ1n) is 8.27. The number of hydrogen-bond acceptors (Lipinski definition) is 8. The van der Waals surface area contributed by atoms with Crippen LogP contribution in [0.3, 0.4) is 0 Å². The van der Waals surface area contributed by atoms with Crippen LogP contribution in [0.25, 0.3) is 0 Å². The van der Waals surface area contributed by atoms with Crippen molar-refractivity contribution in [1.29, 1.82) is 0 Å². The number of ether oxygens (including phenoxy) is 7. The molecule has 29 heavy (non-hydrogen) atoms. The average molecular weight is 534 g/mol. The van der Waals surface area contributed by atoms with Gasteiger partial charge < -0.3 is 33.2 Å². The lowest BCUT2D eigenvalue weighted by atomic mass is 10.1. The van der Waals surface area contributed by atoms with E-state index in [1.54, 1.807) is 6.07 Å². The van der Waals surface area contributed by atoms with Gasteiger partial charge in [-0.25, -0.2) is 4.79 Å². The van der Waals surface area contributed by atoms with E-state index in [0.717, 1.165) is 0 Å². The monoisotopic (exact) mass is 532 g/mol. The summed E-state index contributed by atoms with van der Waals surface area (Å²) in [6.07, 6.45) is 0. The largest absolute Gasteiger partial charge is 0.493 e. The summed E-state index contributed by atoms with van der Waals surface area (Å²) < 4.78 is 38.7. The summed E-state index contributed by atoms with van der Waals surface area (Å²) in [7, 11) is 6.01. The zero-order chi connectivity index (χ0) is 21.1. The summed E-state index contributed by atoms with van der Waals surface area (Å²) in [5.74, 6) is 1.94. The Hall–Kier alpha value is -2.33. The van der Waals surface area contributed by atoms with Crippen molar-refractivity contribution in [3.63, 3.8) is 0 Å². The molecule has 0 bridgehead atoms. The highest BCUT2D eigenvalue weighted by atomic mass is 79.9. The number of esters is 1. The highest BCUT2D eigenvalue weighted by Gasteiger charge is 2.28. The van der Waals surface area contributed by atoms with E-state index in [1.807, 2.05) is 0 Å². The van der Waals surface area contributed by atoms with E-state index < -0.39 is 5.97 Å². The molecule has 0 atom stereocenters. The van der Waals surface area contributed by atoms with Crippen LogP contribution in [0.2, 0.25) is 0 Å². The lowest BCUT2D eigenvalue weighted by Crippen LogP contribution is -2.08. The third kappa shape index (κ3) is 3.91. The van der Waals surface area contributed by atoms with E-state index in [2.05, 4.69) is 31.9 Å². The second-order valence-corrected chi connectivity index (χ2v) is 7.29. The first kappa shape index (κ1) is 21.4. The molecule has 0 spiro atoms. The number of benzene rings is 2. The summed E-state index contributed by atoms with van der Waals surface area (Å²) in [5.41, 5.74) is 0.881. The average Bonchev–Trinajstić information content (AvgIpc) is 3.23. The molecule has 0 aliphatic carbocycles. The van der Waals surface area contributed by atoms with Gasteiger partial charge in [0.15, 0.2) is 23.0 Å². The van der Waals surface area contributed by atoms with Gasteiger partial charge in [0.1, 0.15) is 6.61 Å². The Morgan fingerprint density at radius 3 is 2.17 bits per heavy atom. The molecule has 2 aromatic carbocycles. The fourth-order valence-corrected chi connectivity index (χ4v) is 3.95. The number of rotatable bonds is 7. The van der Waals surface area contributed by atoms with Gasteiger partial charge >= 0.3 is 5.97 Å². The lowest BCUT2D eigenvalue weighted by molar-refractivity contribution is 0.0469. The maximum atomic E-state index is 12.7. The van der Waals surface area contributed by atoms with Crippen molar-refractivity contribution in [1.82, 2.24) is 0 Å². The van der Waals surface area contributed by atoms with Crippen LogP contribution < -0.4 is 28.4 Å². The Morgan fingerprint density at radius 1 is 0.897 bits per heavy atom. The molecule has 8 nitrogen and oxygen atoms in total. The van der Waals surface area contributed by atoms with Crippen molar-refractivity contribution in [2.45, 2.75) is 6.61 Å². The van der Waals surface area contributed by atoms with Crippen LogP contribution in [-0.2, 0) is 11.3 Å². The normalized spacial score (nSPS) is 11.8. The highest BCUT2D eigenvalue weighted by Crippen LogP contribution is 2.48. The second kappa shape index (κ2) is 9.00. The van der Waals surface area contributed by atoms with Crippen LogP contribution in [0, 0.1) is 0 Å².